The Bertz CT molecular complexity index is 907. The molecule has 1 aromatic heterocycles. The number of ether oxygens (including phenoxy) is 1. The topological polar surface area (TPSA) is 77.2 Å². The van der Waals surface area contributed by atoms with Crippen LogP contribution in [0.2, 0.25) is 5.02 Å². The highest BCUT2D eigenvalue weighted by Gasteiger charge is 2.16. The quantitative estimate of drug-likeness (QED) is 0.704. The summed E-state index contributed by atoms with van der Waals surface area (Å²) < 4.78 is 10.7. The molecule has 0 fully saturated rings. The van der Waals surface area contributed by atoms with E-state index in [2.05, 4.69) is 34.6 Å². The Morgan fingerprint density at radius 3 is 2.58 bits per heavy atom. The molecule has 3 aromatic rings. The van der Waals surface area contributed by atoms with E-state index in [0.717, 1.165) is 12.0 Å². The number of aromatic nitrogens is 2. The molecule has 1 amide bonds. The van der Waals surface area contributed by atoms with Gasteiger partial charge in [0.25, 0.3) is 5.91 Å². The molecule has 0 aliphatic rings. The standard InChI is InChI=1S/C19H18ClN3O3/c1-3-12-4-6-13(7-5-12)10-17-22-23-19(26-17)21-18(24)15-11-14(20)8-9-16(15)25-2/h4-9,11H,3,10H2,1-2H3,(H,21,23,24). The van der Waals surface area contributed by atoms with Gasteiger partial charge < -0.3 is 9.15 Å². The fourth-order valence-electron chi connectivity index (χ4n) is 2.47. The number of methoxy groups -OCH3 is 1. The van der Waals surface area contributed by atoms with Crippen LogP contribution in [0.3, 0.4) is 0 Å². The van der Waals surface area contributed by atoms with Crippen molar-refractivity contribution >= 4 is 23.5 Å². The van der Waals surface area contributed by atoms with Crippen molar-refractivity contribution in [3.05, 3.63) is 70.1 Å². The lowest BCUT2D eigenvalue weighted by Gasteiger charge is -2.07. The second-order valence-electron chi connectivity index (χ2n) is 5.65. The highest BCUT2D eigenvalue weighted by Crippen LogP contribution is 2.23. The van der Waals surface area contributed by atoms with Crippen LogP contribution in [0.1, 0.15) is 34.3 Å². The van der Waals surface area contributed by atoms with Crippen LogP contribution in [0.4, 0.5) is 6.01 Å². The van der Waals surface area contributed by atoms with Gasteiger partial charge in [-0.15, -0.1) is 5.10 Å². The molecule has 7 heteroatoms. The molecule has 0 bridgehead atoms. The van der Waals surface area contributed by atoms with Crippen molar-refractivity contribution in [1.29, 1.82) is 0 Å². The zero-order valence-corrected chi connectivity index (χ0v) is 15.2. The highest BCUT2D eigenvalue weighted by atomic mass is 35.5. The fourth-order valence-corrected chi connectivity index (χ4v) is 2.64. The number of carbonyl (C=O) groups is 1. The zero-order valence-electron chi connectivity index (χ0n) is 14.5. The maximum absolute atomic E-state index is 12.4. The van der Waals surface area contributed by atoms with E-state index in [9.17, 15) is 4.79 Å². The normalized spacial score (nSPS) is 10.6. The minimum Gasteiger partial charge on any atom is -0.496 e. The van der Waals surface area contributed by atoms with Gasteiger partial charge in [-0.1, -0.05) is 47.9 Å². The van der Waals surface area contributed by atoms with Crippen molar-refractivity contribution in [3.63, 3.8) is 0 Å². The first-order chi connectivity index (χ1) is 12.6. The van der Waals surface area contributed by atoms with Crippen LogP contribution in [-0.2, 0) is 12.8 Å². The third-order valence-electron chi connectivity index (χ3n) is 3.88. The second-order valence-corrected chi connectivity index (χ2v) is 6.08. The molecule has 0 spiro atoms. The molecule has 0 saturated carbocycles. The first kappa shape index (κ1) is 17.9. The molecule has 0 saturated heterocycles. The molecule has 2 aromatic carbocycles. The number of nitrogens with zero attached hydrogens (tertiary/aromatic N) is 2. The molecule has 26 heavy (non-hydrogen) atoms. The average molecular weight is 372 g/mol. The summed E-state index contributed by atoms with van der Waals surface area (Å²) in [7, 11) is 1.48. The second kappa shape index (κ2) is 8.01. The summed E-state index contributed by atoms with van der Waals surface area (Å²) in [6, 6.07) is 13.0. The van der Waals surface area contributed by atoms with Gasteiger partial charge in [0.15, 0.2) is 0 Å². The van der Waals surface area contributed by atoms with Gasteiger partial charge in [0.2, 0.25) is 5.89 Å². The number of benzene rings is 2. The fraction of sp³-hybridized carbons (Fsp3) is 0.211. The van der Waals surface area contributed by atoms with Crippen LogP contribution in [-0.4, -0.2) is 23.2 Å². The van der Waals surface area contributed by atoms with E-state index in [0.29, 0.717) is 23.1 Å². The molecule has 0 unspecified atom stereocenters. The Kier molecular flexibility index (Phi) is 5.53. The highest BCUT2D eigenvalue weighted by molar-refractivity contribution is 6.31. The number of amides is 1. The van der Waals surface area contributed by atoms with Crippen molar-refractivity contribution in [1.82, 2.24) is 10.2 Å². The van der Waals surface area contributed by atoms with Crippen molar-refractivity contribution in [2.75, 3.05) is 12.4 Å². The van der Waals surface area contributed by atoms with Gasteiger partial charge in [-0.25, -0.2) is 0 Å². The van der Waals surface area contributed by atoms with Gasteiger partial charge in [0.1, 0.15) is 5.75 Å². The number of anilines is 1. The predicted molar refractivity (Wildman–Crippen MR) is 98.9 cm³/mol. The van der Waals surface area contributed by atoms with Crippen LogP contribution in [0.25, 0.3) is 0 Å². The van der Waals surface area contributed by atoms with Crippen molar-refractivity contribution in [2.45, 2.75) is 19.8 Å². The number of hydrogen-bond acceptors (Lipinski definition) is 5. The molecule has 0 aliphatic heterocycles. The van der Waals surface area contributed by atoms with Crippen LogP contribution >= 0.6 is 11.6 Å². The molecule has 0 radical (unpaired) electrons. The largest absolute Gasteiger partial charge is 0.496 e. The van der Waals surface area contributed by atoms with Crippen molar-refractivity contribution in [2.24, 2.45) is 0 Å². The molecule has 0 aliphatic carbocycles. The molecule has 134 valence electrons. The summed E-state index contributed by atoms with van der Waals surface area (Å²) in [5, 5.41) is 10.8. The number of nitrogens with one attached hydrogen (secondary N) is 1. The minimum absolute atomic E-state index is 0.0252. The summed E-state index contributed by atoms with van der Waals surface area (Å²) >= 11 is 5.95. The van der Waals surface area contributed by atoms with Gasteiger partial charge in [0.05, 0.1) is 19.1 Å². The molecular formula is C19H18ClN3O3. The van der Waals surface area contributed by atoms with E-state index in [1.165, 1.54) is 18.7 Å². The van der Waals surface area contributed by atoms with Crippen molar-refractivity contribution < 1.29 is 13.9 Å². The Hall–Kier alpha value is -2.86. The summed E-state index contributed by atoms with van der Waals surface area (Å²) in [6.07, 6.45) is 1.48. The number of rotatable bonds is 6. The van der Waals surface area contributed by atoms with E-state index in [1.54, 1.807) is 12.1 Å². The van der Waals surface area contributed by atoms with Crippen LogP contribution in [0.5, 0.6) is 5.75 Å². The van der Waals surface area contributed by atoms with E-state index in [1.807, 2.05) is 12.1 Å². The molecule has 1 heterocycles. The lowest BCUT2D eigenvalue weighted by Crippen LogP contribution is -2.13. The first-order valence-corrected chi connectivity index (χ1v) is 8.52. The maximum atomic E-state index is 12.4. The van der Waals surface area contributed by atoms with Gasteiger partial charge in [-0.3, -0.25) is 10.1 Å². The van der Waals surface area contributed by atoms with E-state index >= 15 is 0 Å². The van der Waals surface area contributed by atoms with Crippen LogP contribution in [0, 0.1) is 0 Å². The van der Waals surface area contributed by atoms with E-state index in [4.69, 9.17) is 20.8 Å². The number of carbonyl (C=O) groups excluding carboxylic acids is 1. The summed E-state index contributed by atoms with van der Waals surface area (Å²) in [6.45, 7) is 2.11. The lowest BCUT2D eigenvalue weighted by atomic mass is 10.1. The SMILES string of the molecule is CCc1ccc(Cc2nnc(NC(=O)c3cc(Cl)ccc3OC)o2)cc1. The maximum Gasteiger partial charge on any atom is 0.322 e. The molecule has 3 rings (SSSR count). The molecule has 0 atom stereocenters. The third kappa shape index (κ3) is 4.21. The van der Waals surface area contributed by atoms with Crippen LogP contribution in [0.15, 0.2) is 46.9 Å². The minimum atomic E-state index is -0.438. The molecule has 1 N–H and O–H groups in total. The zero-order chi connectivity index (χ0) is 18.5. The summed E-state index contributed by atoms with van der Waals surface area (Å²) in [4.78, 5) is 12.4. The Balaban J connectivity index is 1.70. The molecule has 6 nitrogen and oxygen atoms in total. The smallest absolute Gasteiger partial charge is 0.322 e. The van der Waals surface area contributed by atoms with Crippen molar-refractivity contribution in [3.8, 4) is 5.75 Å². The average Bonchev–Trinajstić information content (AvgIpc) is 3.09. The predicted octanol–water partition coefficient (Wildman–Crippen LogP) is 4.14. The molecular weight excluding hydrogens is 354 g/mol. The lowest BCUT2D eigenvalue weighted by molar-refractivity contribution is 0.102. The monoisotopic (exact) mass is 371 g/mol. The first-order valence-electron chi connectivity index (χ1n) is 8.14. The van der Waals surface area contributed by atoms with Gasteiger partial charge in [-0.05, 0) is 35.7 Å². The number of halogens is 1. The Labute approximate surface area is 156 Å². The van der Waals surface area contributed by atoms with E-state index in [-0.39, 0.29) is 11.6 Å². The Morgan fingerprint density at radius 1 is 1.15 bits per heavy atom. The van der Waals surface area contributed by atoms with Gasteiger partial charge >= 0.3 is 6.01 Å². The Morgan fingerprint density at radius 2 is 1.88 bits per heavy atom. The van der Waals surface area contributed by atoms with Gasteiger partial charge in [-0.2, -0.15) is 0 Å². The van der Waals surface area contributed by atoms with Crippen LogP contribution < -0.4 is 10.1 Å². The summed E-state index contributed by atoms with van der Waals surface area (Å²) in [5.74, 6) is 0.386. The van der Waals surface area contributed by atoms with Gasteiger partial charge in [0, 0.05) is 5.02 Å². The number of hydrogen-bond donors (Lipinski definition) is 1. The number of aryl methyl sites for hydroxylation is 1. The van der Waals surface area contributed by atoms with E-state index < -0.39 is 5.91 Å². The third-order valence-corrected chi connectivity index (χ3v) is 4.12. The summed E-state index contributed by atoms with van der Waals surface area (Å²) in [5.41, 5.74) is 2.61.